The fraction of sp³-hybridized carbons (Fsp3) is 0.667. The first kappa shape index (κ1) is 11.7. The van der Waals surface area contributed by atoms with Crippen molar-refractivity contribution in [2.45, 2.75) is 6.42 Å². The first-order valence-electron chi connectivity index (χ1n) is 5.19. The third kappa shape index (κ3) is 3.12. The van der Waals surface area contributed by atoms with Gasteiger partial charge in [-0.3, -0.25) is 0 Å². The second kappa shape index (κ2) is 5.54. The van der Waals surface area contributed by atoms with Gasteiger partial charge in [0.2, 0.25) is 17.2 Å². The largest absolute Gasteiger partial charge is 0.357 e. The van der Waals surface area contributed by atoms with Crippen molar-refractivity contribution in [3.05, 3.63) is 5.28 Å². The predicted molar refractivity (Wildman–Crippen MR) is 68.3 cm³/mol. The molecule has 7 heteroatoms. The van der Waals surface area contributed by atoms with Crippen LogP contribution in [0.2, 0.25) is 5.28 Å². The molecule has 1 unspecified atom stereocenters. The molecule has 1 aromatic heterocycles. The molecule has 2 N–H and O–H groups in total. The van der Waals surface area contributed by atoms with Crippen LogP contribution in [0.5, 0.6) is 0 Å². The van der Waals surface area contributed by atoms with Crippen LogP contribution in [0.1, 0.15) is 6.42 Å². The Kier molecular flexibility index (Phi) is 4.06. The number of hydrogen-bond donors (Lipinski definition) is 2. The summed E-state index contributed by atoms with van der Waals surface area (Å²) in [5, 5.41) is 6.26. The maximum Gasteiger partial charge on any atom is 0.228 e. The molecule has 0 spiro atoms. The molecule has 0 bridgehead atoms. The Labute approximate surface area is 104 Å². The second-order valence-electron chi connectivity index (χ2n) is 3.61. The lowest BCUT2D eigenvalue weighted by atomic mass is 10.1. The van der Waals surface area contributed by atoms with Crippen LogP contribution < -0.4 is 10.6 Å². The van der Waals surface area contributed by atoms with Crippen LogP contribution in [0, 0.1) is 5.92 Å². The number of halogens is 1. The molecule has 5 nitrogen and oxygen atoms in total. The molecule has 1 atom stereocenters. The van der Waals surface area contributed by atoms with E-state index in [0.29, 0.717) is 17.8 Å². The normalized spacial score (nSPS) is 19.8. The molecule has 2 rings (SSSR count). The lowest BCUT2D eigenvalue weighted by Gasteiger charge is -2.10. The summed E-state index contributed by atoms with van der Waals surface area (Å²) in [4.78, 5) is 12.1. The van der Waals surface area contributed by atoms with E-state index in [9.17, 15) is 0 Å². The van der Waals surface area contributed by atoms with Crippen molar-refractivity contribution < 1.29 is 0 Å². The van der Waals surface area contributed by atoms with Crippen LogP contribution in [0.15, 0.2) is 0 Å². The van der Waals surface area contributed by atoms with E-state index in [2.05, 4.69) is 25.6 Å². The molecule has 2 heterocycles. The fourth-order valence-corrected chi connectivity index (χ4v) is 2.97. The molecular formula is C9H14ClN5S. The summed E-state index contributed by atoms with van der Waals surface area (Å²) in [5.74, 6) is 4.21. The number of hydrogen-bond acceptors (Lipinski definition) is 6. The van der Waals surface area contributed by atoms with E-state index >= 15 is 0 Å². The Morgan fingerprint density at radius 3 is 2.88 bits per heavy atom. The second-order valence-corrected chi connectivity index (χ2v) is 5.10. The van der Waals surface area contributed by atoms with Gasteiger partial charge in [0, 0.05) is 13.6 Å². The molecule has 1 aliphatic rings. The van der Waals surface area contributed by atoms with Crippen LogP contribution >= 0.6 is 23.4 Å². The number of nitrogens with one attached hydrogen (secondary N) is 2. The van der Waals surface area contributed by atoms with E-state index in [-0.39, 0.29) is 5.28 Å². The van der Waals surface area contributed by atoms with Crippen LogP contribution in [0.25, 0.3) is 0 Å². The predicted octanol–water partition coefficient (Wildman–Crippen LogP) is 1.73. The maximum atomic E-state index is 5.78. The van der Waals surface area contributed by atoms with Crippen molar-refractivity contribution in [2.75, 3.05) is 35.7 Å². The van der Waals surface area contributed by atoms with Crippen LogP contribution in [0.3, 0.4) is 0 Å². The number of anilines is 2. The average molecular weight is 260 g/mol. The van der Waals surface area contributed by atoms with Gasteiger partial charge in [0.15, 0.2) is 0 Å². The number of thioether (sulfide) groups is 1. The monoisotopic (exact) mass is 259 g/mol. The molecule has 0 aliphatic carbocycles. The zero-order valence-electron chi connectivity index (χ0n) is 9.03. The summed E-state index contributed by atoms with van der Waals surface area (Å²) in [6.07, 6.45) is 1.26. The Morgan fingerprint density at radius 1 is 1.38 bits per heavy atom. The third-order valence-corrected chi connectivity index (χ3v) is 3.81. The highest BCUT2D eigenvalue weighted by molar-refractivity contribution is 7.99. The SMILES string of the molecule is CNc1nc(Cl)nc(NCC2CCSC2)n1. The lowest BCUT2D eigenvalue weighted by molar-refractivity contribution is 0.628. The van der Waals surface area contributed by atoms with Gasteiger partial charge < -0.3 is 10.6 Å². The van der Waals surface area contributed by atoms with E-state index < -0.39 is 0 Å². The number of nitrogens with zero attached hydrogens (tertiary/aromatic N) is 3. The Bertz CT molecular complexity index is 356. The summed E-state index contributed by atoms with van der Waals surface area (Å²) < 4.78 is 0. The van der Waals surface area contributed by atoms with Gasteiger partial charge in [0.25, 0.3) is 0 Å². The van der Waals surface area contributed by atoms with Gasteiger partial charge in [0.05, 0.1) is 0 Å². The summed E-state index contributed by atoms with van der Waals surface area (Å²) in [6.45, 7) is 0.899. The van der Waals surface area contributed by atoms with E-state index in [4.69, 9.17) is 11.6 Å². The van der Waals surface area contributed by atoms with Gasteiger partial charge in [0.1, 0.15) is 0 Å². The van der Waals surface area contributed by atoms with Gasteiger partial charge in [-0.1, -0.05) is 0 Å². The van der Waals surface area contributed by atoms with Gasteiger partial charge in [-0.25, -0.2) is 0 Å². The smallest absolute Gasteiger partial charge is 0.228 e. The van der Waals surface area contributed by atoms with E-state index in [1.807, 2.05) is 11.8 Å². The van der Waals surface area contributed by atoms with Crippen molar-refractivity contribution in [3.8, 4) is 0 Å². The molecule has 0 amide bonds. The van der Waals surface area contributed by atoms with E-state index in [0.717, 1.165) is 6.54 Å². The topological polar surface area (TPSA) is 62.7 Å². The van der Waals surface area contributed by atoms with Crippen LogP contribution in [-0.4, -0.2) is 40.1 Å². The van der Waals surface area contributed by atoms with Crippen LogP contribution in [0.4, 0.5) is 11.9 Å². The van der Waals surface area contributed by atoms with E-state index in [1.54, 1.807) is 7.05 Å². The molecule has 88 valence electrons. The lowest BCUT2D eigenvalue weighted by Crippen LogP contribution is -2.16. The highest BCUT2D eigenvalue weighted by Gasteiger charge is 2.15. The van der Waals surface area contributed by atoms with Crippen molar-refractivity contribution >= 4 is 35.3 Å². The highest BCUT2D eigenvalue weighted by Crippen LogP contribution is 2.23. The minimum absolute atomic E-state index is 0.211. The van der Waals surface area contributed by atoms with Crippen molar-refractivity contribution in [1.29, 1.82) is 0 Å². The van der Waals surface area contributed by atoms with Gasteiger partial charge >= 0.3 is 0 Å². The molecular weight excluding hydrogens is 246 g/mol. The minimum Gasteiger partial charge on any atom is -0.357 e. The molecule has 1 aromatic rings. The van der Waals surface area contributed by atoms with Gasteiger partial charge in [-0.15, -0.1) is 0 Å². The Morgan fingerprint density at radius 2 is 2.19 bits per heavy atom. The van der Waals surface area contributed by atoms with Gasteiger partial charge in [-0.05, 0) is 35.4 Å². The first-order valence-corrected chi connectivity index (χ1v) is 6.72. The highest BCUT2D eigenvalue weighted by atomic mass is 35.5. The molecule has 1 aliphatic heterocycles. The quantitative estimate of drug-likeness (QED) is 0.859. The molecule has 0 radical (unpaired) electrons. The van der Waals surface area contributed by atoms with Crippen molar-refractivity contribution in [1.82, 2.24) is 15.0 Å². The molecule has 1 saturated heterocycles. The maximum absolute atomic E-state index is 5.78. The fourth-order valence-electron chi connectivity index (χ4n) is 1.52. The van der Waals surface area contributed by atoms with E-state index in [1.165, 1.54) is 17.9 Å². The van der Waals surface area contributed by atoms with Crippen LogP contribution in [-0.2, 0) is 0 Å². The van der Waals surface area contributed by atoms with Crippen molar-refractivity contribution in [2.24, 2.45) is 5.92 Å². The molecule has 16 heavy (non-hydrogen) atoms. The zero-order chi connectivity index (χ0) is 11.4. The average Bonchev–Trinajstić information content (AvgIpc) is 2.78. The standard InChI is InChI=1S/C9H14ClN5S/c1-11-8-13-7(10)14-9(15-8)12-4-6-2-3-16-5-6/h6H,2-5H2,1H3,(H2,11,12,13,14,15). The van der Waals surface area contributed by atoms with Gasteiger partial charge in [-0.2, -0.15) is 26.7 Å². The summed E-state index contributed by atoms with van der Waals surface area (Å²) in [5.41, 5.74) is 0. The number of rotatable bonds is 4. The minimum atomic E-state index is 0.211. The number of aromatic nitrogens is 3. The Balaban J connectivity index is 1.94. The summed E-state index contributed by atoms with van der Waals surface area (Å²) in [7, 11) is 1.75. The Hall–Kier alpha value is -0.750. The summed E-state index contributed by atoms with van der Waals surface area (Å²) >= 11 is 7.77. The molecule has 0 aromatic carbocycles. The summed E-state index contributed by atoms with van der Waals surface area (Å²) in [6, 6.07) is 0. The first-order chi connectivity index (χ1) is 7.78. The zero-order valence-corrected chi connectivity index (χ0v) is 10.6. The third-order valence-electron chi connectivity index (χ3n) is 2.40. The molecule has 0 saturated carbocycles. The van der Waals surface area contributed by atoms with Crippen molar-refractivity contribution in [3.63, 3.8) is 0 Å². The molecule has 1 fully saturated rings.